The average molecular weight is 303 g/mol. The maximum Gasteiger partial charge on any atom is 0.150 e. The summed E-state index contributed by atoms with van der Waals surface area (Å²) in [5, 5.41) is 0. The van der Waals surface area contributed by atoms with Crippen molar-refractivity contribution in [1.82, 2.24) is 0 Å². The Balaban J connectivity index is 4.37. The largest absolute Gasteiger partial charge is 0.229 e. The van der Waals surface area contributed by atoms with Crippen LogP contribution in [0.25, 0.3) is 0 Å². The Bertz CT molecular complexity index is 296. The molecule has 2 nitrogen and oxygen atoms in total. The molecule has 0 N–H and O–H groups in total. The van der Waals surface area contributed by atoms with Crippen molar-refractivity contribution in [3.05, 3.63) is 0 Å². The minimum atomic E-state index is -2.87. The molecule has 0 aromatic rings. The number of halogens is 2. The first-order chi connectivity index (χ1) is 7.81. The number of rotatable bonds is 9. The molecule has 0 aliphatic carbocycles. The fraction of sp³-hybridized carbons (Fsp3) is 1.00. The molecule has 0 aliphatic heterocycles. The number of hydrogen-bond donors (Lipinski definition) is 0. The summed E-state index contributed by atoms with van der Waals surface area (Å²) in [7, 11) is -2.87. The Morgan fingerprint density at radius 2 is 1.71 bits per heavy atom. The molecule has 0 aromatic carbocycles. The fourth-order valence-corrected chi connectivity index (χ4v) is 3.70. The molecule has 0 spiro atoms. The standard InChI is InChI=1S/C12H24Cl2O2S/c1-4-17(15,16)7-5-6-12(9-13,10-14)8-11(2)3/h11H,4-10H2,1-3H3. The van der Waals surface area contributed by atoms with Crippen LogP contribution in [0.3, 0.4) is 0 Å². The lowest BCUT2D eigenvalue weighted by molar-refractivity contribution is 0.273. The normalized spacial score (nSPS) is 13.3. The monoisotopic (exact) mass is 302 g/mol. The first-order valence-electron chi connectivity index (χ1n) is 6.13. The van der Waals surface area contributed by atoms with Gasteiger partial charge in [-0.25, -0.2) is 8.42 Å². The number of sulfone groups is 1. The van der Waals surface area contributed by atoms with E-state index in [-0.39, 0.29) is 16.9 Å². The van der Waals surface area contributed by atoms with E-state index in [1.54, 1.807) is 6.92 Å². The van der Waals surface area contributed by atoms with E-state index in [4.69, 9.17) is 23.2 Å². The van der Waals surface area contributed by atoms with Crippen LogP contribution in [0.4, 0.5) is 0 Å². The lowest BCUT2D eigenvalue weighted by Gasteiger charge is -2.31. The highest BCUT2D eigenvalue weighted by molar-refractivity contribution is 7.91. The molecule has 0 radical (unpaired) electrons. The minimum absolute atomic E-state index is 0.111. The molecule has 0 bridgehead atoms. The maximum atomic E-state index is 11.4. The zero-order chi connectivity index (χ0) is 13.5. The molecular weight excluding hydrogens is 279 g/mol. The third-order valence-corrected chi connectivity index (χ3v) is 5.93. The topological polar surface area (TPSA) is 34.1 Å². The minimum Gasteiger partial charge on any atom is -0.229 e. The number of hydrogen-bond acceptors (Lipinski definition) is 2. The first-order valence-corrected chi connectivity index (χ1v) is 9.02. The van der Waals surface area contributed by atoms with E-state index in [2.05, 4.69) is 13.8 Å². The van der Waals surface area contributed by atoms with Crippen LogP contribution in [-0.2, 0) is 9.84 Å². The Morgan fingerprint density at radius 3 is 2.06 bits per heavy atom. The molecule has 5 heteroatoms. The second-order valence-corrected chi connectivity index (χ2v) is 8.21. The first kappa shape index (κ1) is 17.5. The summed E-state index contributed by atoms with van der Waals surface area (Å²) in [4.78, 5) is 0. The Hall–Kier alpha value is 0.530. The molecule has 0 fully saturated rings. The summed E-state index contributed by atoms with van der Waals surface area (Å²) in [5.74, 6) is 1.99. The summed E-state index contributed by atoms with van der Waals surface area (Å²) in [5.41, 5.74) is -0.111. The summed E-state index contributed by atoms with van der Waals surface area (Å²) >= 11 is 12.0. The third-order valence-electron chi connectivity index (χ3n) is 3.01. The Morgan fingerprint density at radius 1 is 1.18 bits per heavy atom. The van der Waals surface area contributed by atoms with Gasteiger partial charge in [0.15, 0.2) is 0 Å². The highest BCUT2D eigenvalue weighted by atomic mass is 35.5. The van der Waals surface area contributed by atoms with E-state index < -0.39 is 9.84 Å². The van der Waals surface area contributed by atoms with Gasteiger partial charge in [-0.2, -0.15) is 0 Å². The van der Waals surface area contributed by atoms with E-state index in [9.17, 15) is 8.42 Å². The molecule has 0 amide bonds. The van der Waals surface area contributed by atoms with Gasteiger partial charge < -0.3 is 0 Å². The van der Waals surface area contributed by atoms with Gasteiger partial charge in [-0.3, -0.25) is 0 Å². The van der Waals surface area contributed by atoms with Crippen molar-refractivity contribution in [3.63, 3.8) is 0 Å². The lowest BCUT2D eigenvalue weighted by atomic mass is 9.80. The molecule has 0 heterocycles. The second-order valence-electron chi connectivity index (χ2n) is 5.21. The molecule has 0 aliphatic rings. The van der Waals surface area contributed by atoms with Gasteiger partial charge in [0.05, 0.1) is 5.75 Å². The lowest BCUT2D eigenvalue weighted by Crippen LogP contribution is -2.28. The fourth-order valence-electron chi connectivity index (χ4n) is 2.06. The molecule has 0 atom stereocenters. The SMILES string of the molecule is CCS(=O)(=O)CCCC(CCl)(CCl)CC(C)C. The molecule has 0 saturated carbocycles. The van der Waals surface area contributed by atoms with Gasteiger partial charge in [0.25, 0.3) is 0 Å². The van der Waals surface area contributed by atoms with Crippen LogP contribution in [0, 0.1) is 11.3 Å². The van der Waals surface area contributed by atoms with Crippen LogP contribution in [0.15, 0.2) is 0 Å². The quantitative estimate of drug-likeness (QED) is 0.608. The zero-order valence-corrected chi connectivity index (χ0v) is 13.3. The van der Waals surface area contributed by atoms with Gasteiger partial charge in [-0.15, -0.1) is 23.2 Å². The van der Waals surface area contributed by atoms with Crippen LogP contribution >= 0.6 is 23.2 Å². The van der Waals surface area contributed by atoms with Crippen molar-refractivity contribution < 1.29 is 8.42 Å². The van der Waals surface area contributed by atoms with Crippen molar-refractivity contribution >= 4 is 33.0 Å². The van der Waals surface area contributed by atoms with E-state index in [0.29, 0.717) is 24.1 Å². The molecule has 0 unspecified atom stereocenters. The predicted molar refractivity (Wildman–Crippen MR) is 76.9 cm³/mol. The average Bonchev–Trinajstić information content (AvgIpc) is 2.27. The van der Waals surface area contributed by atoms with E-state index in [1.807, 2.05) is 0 Å². The van der Waals surface area contributed by atoms with Crippen LogP contribution in [0.2, 0.25) is 0 Å². The van der Waals surface area contributed by atoms with Gasteiger partial charge in [0.2, 0.25) is 0 Å². The van der Waals surface area contributed by atoms with Crippen LogP contribution in [0.5, 0.6) is 0 Å². The van der Waals surface area contributed by atoms with Gasteiger partial charge in [0, 0.05) is 17.5 Å². The molecule has 0 rings (SSSR count). The Labute approximate surface area is 116 Å². The molecule has 0 saturated heterocycles. The van der Waals surface area contributed by atoms with Crippen LogP contribution in [0.1, 0.15) is 40.0 Å². The summed E-state index contributed by atoms with van der Waals surface area (Å²) in [6.07, 6.45) is 2.39. The van der Waals surface area contributed by atoms with Crippen molar-refractivity contribution in [3.8, 4) is 0 Å². The van der Waals surface area contributed by atoms with Crippen LogP contribution < -0.4 is 0 Å². The van der Waals surface area contributed by atoms with Crippen molar-refractivity contribution in [2.75, 3.05) is 23.3 Å². The van der Waals surface area contributed by atoms with Gasteiger partial charge in [-0.1, -0.05) is 20.8 Å². The number of alkyl halides is 2. The van der Waals surface area contributed by atoms with Crippen molar-refractivity contribution in [1.29, 1.82) is 0 Å². The van der Waals surface area contributed by atoms with Crippen LogP contribution in [-0.4, -0.2) is 31.7 Å². The summed E-state index contributed by atoms with van der Waals surface area (Å²) in [6.45, 7) is 5.95. The smallest absolute Gasteiger partial charge is 0.150 e. The summed E-state index contributed by atoms with van der Waals surface area (Å²) in [6, 6.07) is 0. The summed E-state index contributed by atoms with van der Waals surface area (Å²) < 4.78 is 22.8. The zero-order valence-electron chi connectivity index (χ0n) is 11.0. The molecule has 17 heavy (non-hydrogen) atoms. The molecule has 0 aromatic heterocycles. The van der Waals surface area contributed by atoms with Gasteiger partial charge in [0.1, 0.15) is 9.84 Å². The van der Waals surface area contributed by atoms with E-state index >= 15 is 0 Å². The predicted octanol–water partition coefficient (Wildman–Crippen LogP) is 3.71. The third kappa shape index (κ3) is 6.88. The highest BCUT2D eigenvalue weighted by Gasteiger charge is 2.29. The second kappa shape index (κ2) is 7.85. The maximum absolute atomic E-state index is 11.4. The van der Waals surface area contributed by atoms with Gasteiger partial charge >= 0.3 is 0 Å². The molecular formula is C12H24Cl2O2S. The van der Waals surface area contributed by atoms with Gasteiger partial charge in [-0.05, 0) is 30.6 Å². The highest BCUT2D eigenvalue weighted by Crippen LogP contribution is 2.34. The molecule has 104 valence electrons. The Kier molecular flexibility index (Phi) is 8.10. The van der Waals surface area contributed by atoms with E-state index in [0.717, 1.165) is 12.8 Å². The van der Waals surface area contributed by atoms with Crippen molar-refractivity contribution in [2.24, 2.45) is 11.3 Å². The van der Waals surface area contributed by atoms with Crippen molar-refractivity contribution in [2.45, 2.75) is 40.0 Å². The van der Waals surface area contributed by atoms with E-state index in [1.165, 1.54) is 0 Å².